The van der Waals surface area contributed by atoms with Gasteiger partial charge in [0.15, 0.2) is 0 Å². The Morgan fingerprint density at radius 3 is 3.04 bits per heavy atom. The van der Waals surface area contributed by atoms with Crippen LogP contribution in [0.4, 0.5) is 10.5 Å². The molecule has 1 aromatic carbocycles. The fourth-order valence-electron chi connectivity index (χ4n) is 3.67. The number of carbonyl (C=O) groups excluding carboxylic acids is 1. The number of likely N-dealkylation sites (tertiary alicyclic amines) is 1. The molecule has 7 heteroatoms. The highest BCUT2D eigenvalue weighted by molar-refractivity contribution is 6.30. The number of halogens is 1. The lowest BCUT2D eigenvalue weighted by Crippen LogP contribution is -2.35. The summed E-state index contributed by atoms with van der Waals surface area (Å²) in [5.74, 6) is 0. The van der Waals surface area contributed by atoms with Gasteiger partial charge < -0.3 is 15.0 Å². The first kappa shape index (κ1) is 16.4. The highest BCUT2D eigenvalue weighted by Gasteiger charge is 2.42. The Kier molecular flexibility index (Phi) is 4.17. The normalized spacial score (nSPS) is 22.7. The van der Waals surface area contributed by atoms with Crippen molar-refractivity contribution in [1.82, 2.24) is 14.7 Å². The third-order valence-corrected chi connectivity index (χ3v) is 5.45. The van der Waals surface area contributed by atoms with Crippen LogP contribution in [0.5, 0.6) is 0 Å². The zero-order valence-corrected chi connectivity index (χ0v) is 14.9. The Morgan fingerprint density at radius 1 is 1.40 bits per heavy atom. The molecule has 1 spiro atoms. The molecular weight excluding hydrogens is 340 g/mol. The second kappa shape index (κ2) is 6.35. The van der Waals surface area contributed by atoms with Gasteiger partial charge >= 0.3 is 6.03 Å². The smallest absolute Gasteiger partial charge is 0.321 e. The Balaban J connectivity index is 1.47. The summed E-state index contributed by atoms with van der Waals surface area (Å²) in [5, 5.41) is 8.03. The second-order valence-electron chi connectivity index (χ2n) is 6.94. The molecule has 0 saturated carbocycles. The molecular formula is C18H21ClN4O2. The number of anilines is 1. The highest BCUT2D eigenvalue weighted by Crippen LogP contribution is 2.38. The Bertz CT molecular complexity index is 798. The van der Waals surface area contributed by atoms with Crippen molar-refractivity contribution in [3.8, 4) is 5.69 Å². The molecule has 1 aromatic heterocycles. The molecule has 0 aliphatic carbocycles. The topological polar surface area (TPSA) is 59.4 Å². The van der Waals surface area contributed by atoms with Crippen LogP contribution in [0.2, 0.25) is 5.02 Å². The van der Waals surface area contributed by atoms with Crippen LogP contribution >= 0.6 is 11.6 Å². The molecule has 2 aliphatic rings. The van der Waals surface area contributed by atoms with E-state index in [9.17, 15) is 4.79 Å². The van der Waals surface area contributed by atoms with E-state index >= 15 is 0 Å². The van der Waals surface area contributed by atoms with Gasteiger partial charge in [0.05, 0.1) is 29.9 Å². The first-order chi connectivity index (χ1) is 12.1. The summed E-state index contributed by atoms with van der Waals surface area (Å²) < 4.78 is 7.30. The molecule has 0 bridgehead atoms. The second-order valence-corrected chi connectivity index (χ2v) is 7.38. The van der Waals surface area contributed by atoms with Gasteiger partial charge in [0.1, 0.15) is 0 Å². The highest BCUT2D eigenvalue weighted by atomic mass is 35.5. The fraction of sp³-hybridized carbons (Fsp3) is 0.444. The number of nitrogens with zero attached hydrogens (tertiary/aromatic N) is 3. The molecule has 6 nitrogen and oxygen atoms in total. The van der Waals surface area contributed by atoms with Crippen LogP contribution in [0.15, 0.2) is 30.5 Å². The maximum atomic E-state index is 12.6. The number of urea groups is 1. The van der Waals surface area contributed by atoms with E-state index in [2.05, 4.69) is 10.4 Å². The van der Waals surface area contributed by atoms with E-state index in [1.165, 1.54) is 0 Å². The molecule has 1 atom stereocenters. The summed E-state index contributed by atoms with van der Waals surface area (Å²) in [6, 6.07) is 7.41. The maximum absolute atomic E-state index is 12.6. The van der Waals surface area contributed by atoms with Gasteiger partial charge in [-0.25, -0.2) is 9.48 Å². The lowest BCUT2D eigenvalue weighted by Gasteiger charge is -2.22. The Labute approximate surface area is 151 Å². The summed E-state index contributed by atoms with van der Waals surface area (Å²) in [5.41, 5.74) is 2.62. The van der Waals surface area contributed by atoms with Crippen molar-refractivity contribution < 1.29 is 9.53 Å². The minimum absolute atomic E-state index is 0.0717. The average molecular weight is 361 g/mol. The monoisotopic (exact) mass is 360 g/mol. The molecule has 2 aromatic rings. The molecule has 2 amide bonds. The van der Waals surface area contributed by atoms with Gasteiger partial charge in [-0.15, -0.1) is 0 Å². The van der Waals surface area contributed by atoms with Crippen molar-refractivity contribution in [2.45, 2.75) is 19.8 Å². The molecule has 4 rings (SSSR count). The molecule has 0 radical (unpaired) electrons. The maximum Gasteiger partial charge on any atom is 0.321 e. The zero-order valence-electron chi connectivity index (χ0n) is 14.2. The fourth-order valence-corrected chi connectivity index (χ4v) is 3.86. The number of amides is 2. The minimum Gasteiger partial charge on any atom is -0.381 e. The third kappa shape index (κ3) is 3.12. The lowest BCUT2D eigenvalue weighted by atomic mass is 9.87. The van der Waals surface area contributed by atoms with Crippen molar-refractivity contribution in [3.05, 3.63) is 41.2 Å². The van der Waals surface area contributed by atoms with Crippen molar-refractivity contribution >= 4 is 23.3 Å². The predicted octanol–water partition coefficient (Wildman–Crippen LogP) is 3.48. The van der Waals surface area contributed by atoms with Crippen molar-refractivity contribution in [1.29, 1.82) is 0 Å². The lowest BCUT2D eigenvalue weighted by molar-refractivity contribution is 0.154. The SMILES string of the molecule is Cc1c(NC(=O)N2CC[C@@]3(CCOC3)C2)cnn1-c1cccc(Cl)c1. The first-order valence-corrected chi connectivity index (χ1v) is 8.88. The number of nitrogens with one attached hydrogen (secondary N) is 1. The molecule has 2 saturated heterocycles. The minimum atomic E-state index is -0.0717. The van der Waals surface area contributed by atoms with E-state index in [-0.39, 0.29) is 11.4 Å². The molecule has 0 unspecified atom stereocenters. The molecule has 2 aliphatic heterocycles. The Morgan fingerprint density at radius 2 is 2.28 bits per heavy atom. The third-order valence-electron chi connectivity index (χ3n) is 5.21. The van der Waals surface area contributed by atoms with Gasteiger partial charge in [-0.1, -0.05) is 17.7 Å². The van der Waals surface area contributed by atoms with Crippen LogP contribution in [-0.2, 0) is 4.74 Å². The van der Waals surface area contributed by atoms with Gasteiger partial charge in [0.2, 0.25) is 0 Å². The van der Waals surface area contributed by atoms with E-state index in [0.29, 0.717) is 10.7 Å². The number of aromatic nitrogens is 2. The number of hydrogen-bond donors (Lipinski definition) is 1. The van der Waals surface area contributed by atoms with Gasteiger partial charge in [0, 0.05) is 30.1 Å². The van der Waals surface area contributed by atoms with Crippen molar-refractivity contribution in [2.24, 2.45) is 5.41 Å². The van der Waals surface area contributed by atoms with Gasteiger partial charge in [-0.3, -0.25) is 0 Å². The molecule has 2 fully saturated rings. The van der Waals surface area contributed by atoms with Gasteiger partial charge in [-0.05, 0) is 38.0 Å². The van der Waals surface area contributed by atoms with Gasteiger partial charge in [0.25, 0.3) is 0 Å². The van der Waals surface area contributed by atoms with Crippen LogP contribution in [-0.4, -0.2) is 47.0 Å². The quantitative estimate of drug-likeness (QED) is 0.892. The predicted molar refractivity (Wildman–Crippen MR) is 96.4 cm³/mol. The van der Waals surface area contributed by atoms with E-state index in [4.69, 9.17) is 16.3 Å². The van der Waals surface area contributed by atoms with Crippen LogP contribution < -0.4 is 5.32 Å². The average Bonchev–Trinajstić information content (AvgIpc) is 3.31. The van der Waals surface area contributed by atoms with Crippen molar-refractivity contribution in [2.75, 3.05) is 31.6 Å². The van der Waals surface area contributed by atoms with E-state index in [1.54, 1.807) is 10.9 Å². The number of rotatable bonds is 2. The van der Waals surface area contributed by atoms with Gasteiger partial charge in [-0.2, -0.15) is 5.10 Å². The van der Waals surface area contributed by atoms with Crippen LogP contribution in [0.3, 0.4) is 0 Å². The summed E-state index contributed by atoms with van der Waals surface area (Å²) in [6.07, 6.45) is 3.74. The number of hydrogen-bond acceptors (Lipinski definition) is 3. The van der Waals surface area contributed by atoms with Crippen LogP contribution in [0.25, 0.3) is 5.69 Å². The summed E-state index contributed by atoms with van der Waals surface area (Å²) in [6.45, 7) is 5.04. The zero-order chi connectivity index (χ0) is 17.4. The molecule has 1 N–H and O–H groups in total. The van der Waals surface area contributed by atoms with E-state index in [1.807, 2.05) is 36.1 Å². The Hall–Kier alpha value is -2.05. The van der Waals surface area contributed by atoms with Crippen LogP contribution in [0.1, 0.15) is 18.5 Å². The summed E-state index contributed by atoms with van der Waals surface area (Å²) in [7, 11) is 0. The number of ether oxygens (including phenoxy) is 1. The number of carbonyl (C=O) groups is 1. The standard InChI is InChI=1S/C18H21ClN4O2/c1-13-16(10-20-23(13)15-4-2-3-14(19)9-15)21-17(24)22-7-5-18(11-22)6-8-25-12-18/h2-4,9-10H,5-8,11-12H2,1H3,(H,21,24)/t18-/m1/s1. The molecule has 25 heavy (non-hydrogen) atoms. The van der Waals surface area contributed by atoms with E-state index in [0.717, 1.165) is 50.5 Å². The number of benzene rings is 1. The van der Waals surface area contributed by atoms with Crippen LogP contribution in [0, 0.1) is 12.3 Å². The summed E-state index contributed by atoms with van der Waals surface area (Å²) in [4.78, 5) is 14.5. The molecule has 3 heterocycles. The molecule has 132 valence electrons. The van der Waals surface area contributed by atoms with Crippen molar-refractivity contribution in [3.63, 3.8) is 0 Å². The first-order valence-electron chi connectivity index (χ1n) is 8.51. The summed E-state index contributed by atoms with van der Waals surface area (Å²) >= 11 is 6.06. The van der Waals surface area contributed by atoms with E-state index < -0.39 is 0 Å². The largest absolute Gasteiger partial charge is 0.381 e.